The number of sulfone groups is 1. The van der Waals surface area contributed by atoms with Crippen molar-refractivity contribution < 1.29 is 18.0 Å². The van der Waals surface area contributed by atoms with Gasteiger partial charge in [-0.2, -0.15) is 0 Å². The molecule has 0 saturated heterocycles. The molecule has 1 unspecified atom stereocenters. The Kier molecular flexibility index (Phi) is 5.25. The van der Waals surface area contributed by atoms with Gasteiger partial charge < -0.3 is 9.57 Å². The molecule has 0 amide bonds. The van der Waals surface area contributed by atoms with Crippen LogP contribution in [0.25, 0.3) is 0 Å². The fraction of sp³-hybridized carbons (Fsp3) is 0.500. The highest BCUT2D eigenvalue weighted by molar-refractivity contribution is 8.05. The Balaban J connectivity index is 2.26. The van der Waals surface area contributed by atoms with Crippen molar-refractivity contribution in [1.29, 1.82) is 0 Å². The van der Waals surface area contributed by atoms with Gasteiger partial charge in [0.25, 0.3) is 0 Å². The third-order valence-electron chi connectivity index (χ3n) is 3.22. The molecule has 8 heteroatoms. The van der Waals surface area contributed by atoms with Gasteiger partial charge in [0, 0.05) is 12.0 Å². The van der Waals surface area contributed by atoms with Gasteiger partial charge in [-0.15, -0.1) is 11.6 Å². The topological polar surface area (TPSA) is 65.0 Å². The van der Waals surface area contributed by atoms with Crippen molar-refractivity contribution in [2.24, 2.45) is 5.16 Å². The number of halogens is 2. The Hall–Kier alpha value is -0.980. The van der Waals surface area contributed by atoms with E-state index in [9.17, 15) is 8.42 Å². The van der Waals surface area contributed by atoms with Crippen molar-refractivity contribution in [2.45, 2.75) is 31.6 Å². The summed E-state index contributed by atoms with van der Waals surface area (Å²) in [5, 5.41) is 4.07. The molecule has 0 spiro atoms. The van der Waals surface area contributed by atoms with Gasteiger partial charge in [-0.05, 0) is 19.9 Å². The molecule has 0 saturated carbocycles. The van der Waals surface area contributed by atoms with Gasteiger partial charge in [0.05, 0.1) is 23.3 Å². The zero-order valence-electron chi connectivity index (χ0n) is 12.3. The maximum atomic E-state index is 12.5. The average Bonchev–Trinajstić information content (AvgIpc) is 2.87. The molecule has 1 aromatic carbocycles. The summed E-state index contributed by atoms with van der Waals surface area (Å²) in [4.78, 5) is 5.15. The first kappa shape index (κ1) is 17.4. The van der Waals surface area contributed by atoms with Gasteiger partial charge in [-0.3, -0.25) is 0 Å². The Morgan fingerprint density at radius 3 is 2.77 bits per heavy atom. The van der Waals surface area contributed by atoms with Crippen molar-refractivity contribution in [2.75, 3.05) is 12.5 Å². The summed E-state index contributed by atoms with van der Waals surface area (Å²) in [7, 11) is -3.62. The molecule has 5 nitrogen and oxygen atoms in total. The molecule has 1 aliphatic heterocycles. The lowest BCUT2D eigenvalue weighted by Gasteiger charge is -2.16. The quantitative estimate of drug-likeness (QED) is 0.750. The molecule has 0 fully saturated rings. The molecule has 0 aliphatic carbocycles. The number of benzene rings is 1. The number of para-hydroxylation sites is 1. The largest absolute Gasteiger partial charge is 0.492 e. The molecule has 0 N–H and O–H groups in total. The van der Waals surface area contributed by atoms with Crippen molar-refractivity contribution >= 4 is 38.1 Å². The molecule has 1 aromatic rings. The summed E-state index contributed by atoms with van der Waals surface area (Å²) >= 11 is 11.9. The van der Waals surface area contributed by atoms with Crippen LogP contribution >= 0.6 is 23.2 Å². The minimum absolute atomic E-state index is 0.00178. The second-order valence-corrected chi connectivity index (χ2v) is 7.92. The predicted octanol–water partition coefficient (Wildman–Crippen LogP) is 3.38. The first-order valence-corrected chi connectivity index (χ1v) is 9.32. The summed E-state index contributed by atoms with van der Waals surface area (Å²) in [5.74, 6) is 0.301. The second-order valence-electron chi connectivity index (χ2n) is 5.26. The number of hydrogen-bond acceptors (Lipinski definition) is 5. The molecule has 1 aliphatic rings. The van der Waals surface area contributed by atoms with Crippen molar-refractivity contribution in [3.8, 4) is 5.75 Å². The van der Waals surface area contributed by atoms with E-state index in [4.69, 9.17) is 32.8 Å². The fourth-order valence-electron chi connectivity index (χ4n) is 2.05. The monoisotopic (exact) mass is 365 g/mol. The summed E-state index contributed by atoms with van der Waals surface area (Å²) < 4.78 is 30.5. The van der Waals surface area contributed by atoms with Crippen LogP contribution < -0.4 is 4.74 Å². The normalized spacial score (nSPS) is 21.4. The van der Waals surface area contributed by atoms with Crippen LogP contribution in [0.1, 0.15) is 25.8 Å². The Morgan fingerprint density at radius 1 is 1.45 bits per heavy atom. The lowest BCUT2D eigenvalue weighted by Crippen LogP contribution is -2.28. The molecule has 1 heterocycles. The number of alkyl halides is 1. The first-order chi connectivity index (χ1) is 10.3. The van der Waals surface area contributed by atoms with Crippen LogP contribution in [-0.2, 0) is 20.4 Å². The van der Waals surface area contributed by atoms with Crippen LogP contribution in [0, 0.1) is 0 Å². The molecule has 22 heavy (non-hydrogen) atoms. The minimum atomic E-state index is -3.62. The Labute approximate surface area is 140 Å². The minimum Gasteiger partial charge on any atom is -0.492 e. The highest BCUT2D eigenvalue weighted by Crippen LogP contribution is 2.32. The molecule has 1 atom stereocenters. The average molecular weight is 366 g/mol. The van der Waals surface area contributed by atoms with Crippen LogP contribution in [0.3, 0.4) is 0 Å². The predicted molar refractivity (Wildman–Crippen MR) is 87.5 cm³/mol. The van der Waals surface area contributed by atoms with Crippen molar-refractivity contribution in [1.82, 2.24) is 0 Å². The lowest BCUT2D eigenvalue weighted by atomic mass is 10.1. The highest BCUT2D eigenvalue weighted by atomic mass is 35.5. The number of hydrogen-bond donors (Lipinski definition) is 0. The van der Waals surface area contributed by atoms with Gasteiger partial charge in [-0.1, -0.05) is 28.9 Å². The van der Waals surface area contributed by atoms with Crippen molar-refractivity contribution in [3.05, 3.63) is 28.8 Å². The zero-order chi connectivity index (χ0) is 16.4. The second kappa shape index (κ2) is 6.64. The molecular weight excluding hydrogens is 349 g/mol. The molecule has 0 radical (unpaired) electrons. The van der Waals surface area contributed by atoms with Gasteiger partial charge in [0.2, 0.25) is 0 Å². The van der Waals surface area contributed by atoms with E-state index in [0.29, 0.717) is 22.9 Å². The highest BCUT2D eigenvalue weighted by Gasteiger charge is 2.39. The molecule has 2 rings (SSSR count). The number of nitrogens with zero attached hydrogens (tertiary/aromatic N) is 1. The standard InChI is InChI=1S/C14H17Cl2NO4S/c1-3-20-13-10(5-4-6-11(13)16)8-22(18,19)12-7-14(2,9-15)21-17-12/h4-6H,3,7-9H2,1-2H3. The van der Waals surface area contributed by atoms with Gasteiger partial charge in [-0.25, -0.2) is 8.42 Å². The van der Waals surface area contributed by atoms with Crippen LogP contribution in [0.2, 0.25) is 5.02 Å². The third kappa shape index (κ3) is 3.67. The van der Waals surface area contributed by atoms with E-state index in [1.165, 1.54) is 0 Å². The summed E-state index contributed by atoms with van der Waals surface area (Å²) in [6.07, 6.45) is 0.156. The molecular formula is C14H17Cl2NO4S. The summed E-state index contributed by atoms with van der Waals surface area (Å²) in [6.45, 7) is 3.92. The maximum Gasteiger partial charge on any atom is 0.199 e. The first-order valence-electron chi connectivity index (χ1n) is 6.75. The van der Waals surface area contributed by atoms with E-state index in [-0.39, 0.29) is 23.1 Å². The Bertz CT molecular complexity index is 690. The van der Waals surface area contributed by atoms with Crippen LogP contribution in [-0.4, -0.2) is 31.5 Å². The van der Waals surface area contributed by atoms with Crippen molar-refractivity contribution in [3.63, 3.8) is 0 Å². The van der Waals surface area contributed by atoms with E-state index in [1.807, 2.05) is 6.92 Å². The number of rotatable bonds is 5. The van der Waals surface area contributed by atoms with Crippen LogP contribution in [0.15, 0.2) is 23.4 Å². The fourth-order valence-corrected chi connectivity index (χ4v) is 3.92. The van der Waals surface area contributed by atoms with Gasteiger partial charge in [0.15, 0.2) is 20.5 Å². The van der Waals surface area contributed by atoms with E-state index in [0.717, 1.165) is 0 Å². The van der Waals surface area contributed by atoms with Gasteiger partial charge >= 0.3 is 0 Å². The van der Waals surface area contributed by atoms with E-state index >= 15 is 0 Å². The SMILES string of the molecule is CCOc1c(Cl)cccc1CS(=O)(=O)C1=NOC(C)(CCl)C1. The molecule has 122 valence electrons. The molecule has 0 bridgehead atoms. The van der Waals surface area contributed by atoms with Gasteiger partial charge in [0.1, 0.15) is 5.75 Å². The maximum absolute atomic E-state index is 12.5. The summed E-state index contributed by atoms with van der Waals surface area (Å²) in [6, 6.07) is 5.01. The lowest BCUT2D eigenvalue weighted by molar-refractivity contribution is 0.0152. The zero-order valence-corrected chi connectivity index (χ0v) is 14.6. The van der Waals surface area contributed by atoms with E-state index < -0.39 is 15.4 Å². The summed E-state index contributed by atoms with van der Waals surface area (Å²) in [5.41, 5.74) is -0.280. The number of ether oxygens (including phenoxy) is 1. The number of oxime groups is 1. The van der Waals surface area contributed by atoms with Crippen LogP contribution in [0.5, 0.6) is 5.75 Å². The molecule has 0 aromatic heterocycles. The Morgan fingerprint density at radius 2 is 2.18 bits per heavy atom. The smallest absolute Gasteiger partial charge is 0.199 e. The van der Waals surface area contributed by atoms with Crippen LogP contribution in [0.4, 0.5) is 0 Å². The van der Waals surface area contributed by atoms with E-state index in [2.05, 4.69) is 5.16 Å². The van der Waals surface area contributed by atoms with E-state index in [1.54, 1.807) is 25.1 Å². The third-order valence-corrected chi connectivity index (χ3v) is 5.71.